The van der Waals surface area contributed by atoms with Crippen molar-refractivity contribution >= 4 is 11.9 Å². The number of hydrogen-bond donors (Lipinski definition) is 3. The lowest BCUT2D eigenvalue weighted by atomic mass is 9.94. The topological polar surface area (TPSA) is 114 Å². The number of carbonyl (C=O) groups is 2. The predicted molar refractivity (Wildman–Crippen MR) is 94.7 cm³/mol. The third-order valence-electron chi connectivity index (χ3n) is 3.92. The summed E-state index contributed by atoms with van der Waals surface area (Å²) in [5.41, 5.74) is 1.18. The molecule has 0 spiro atoms. The minimum atomic E-state index is -1.82. The Morgan fingerprint density at radius 2 is 1.81 bits per heavy atom. The molecule has 146 valence electrons. The van der Waals surface area contributed by atoms with Crippen LogP contribution in [0.2, 0.25) is 0 Å². The van der Waals surface area contributed by atoms with E-state index in [2.05, 4.69) is 25.2 Å². The van der Waals surface area contributed by atoms with Gasteiger partial charge in [0.1, 0.15) is 0 Å². The van der Waals surface area contributed by atoms with Crippen LogP contribution in [0.5, 0.6) is 11.5 Å². The molecule has 0 amide bonds. The molecule has 1 aromatic rings. The highest BCUT2D eigenvalue weighted by atomic mass is 16.5. The van der Waals surface area contributed by atoms with Gasteiger partial charge in [0.2, 0.25) is 0 Å². The summed E-state index contributed by atoms with van der Waals surface area (Å²) in [7, 11) is 3.32. The lowest BCUT2D eigenvalue weighted by Gasteiger charge is -2.36. The summed E-state index contributed by atoms with van der Waals surface area (Å²) >= 11 is 0. The minimum absolute atomic E-state index is 0.0203. The van der Waals surface area contributed by atoms with Gasteiger partial charge >= 0.3 is 11.9 Å². The Morgan fingerprint density at radius 3 is 2.31 bits per heavy atom. The van der Waals surface area contributed by atoms with Crippen LogP contribution in [0, 0.1) is 0 Å². The van der Waals surface area contributed by atoms with Crippen LogP contribution >= 0.6 is 0 Å². The van der Waals surface area contributed by atoms with Crippen LogP contribution in [-0.2, 0) is 20.9 Å². The lowest BCUT2D eigenvalue weighted by Crippen LogP contribution is -2.43. The summed E-state index contributed by atoms with van der Waals surface area (Å²) in [5, 5.41) is 18.4. The Balaban J connectivity index is 0.000000487. The molecule has 1 saturated heterocycles. The van der Waals surface area contributed by atoms with Gasteiger partial charge in [0.05, 0.1) is 19.8 Å². The molecular weight excluding hydrogens is 342 g/mol. The number of nitrogens with one attached hydrogen (secondary N) is 1. The highest BCUT2D eigenvalue weighted by Gasteiger charge is 2.28. The van der Waals surface area contributed by atoms with Gasteiger partial charge in [-0.1, -0.05) is 6.07 Å². The molecular formula is C18H27NO7. The number of carboxylic acid groups (broad SMARTS) is 2. The highest BCUT2D eigenvalue weighted by molar-refractivity contribution is 6.27. The van der Waals surface area contributed by atoms with Gasteiger partial charge in [0.25, 0.3) is 0 Å². The van der Waals surface area contributed by atoms with Gasteiger partial charge in [0, 0.05) is 19.2 Å². The van der Waals surface area contributed by atoms with Gasteiger partial charge in [-0.05, 0) is 44.4 Å². The van der Waals surface area contributed by atoms with E-state index in [-0.39, 0.29) is 5.60 Å². The van der Waals surface area contributed by atoms with Crippen molar-refractivity contribution < 1.29 is 34.0 Å². The van der Waals surface area contributed by atoms with E-state index in [9.17, 15) is 0 Å². The molecule has 1 aliphatic heterocycles. The second-order valence-corrected chi connectivity index (χ2v) is 6.48. The molecule has 0 bridgehead atoms. The van der Waals surface area contributed by atoms with Gasteiger partial charge < -0.3 is 29.7 Å². The number of methoxy groups -OCH3 is 2. The molecule has 0 aromatic heterocycles. The van der Waals surface area contributed by atoms with Crippen molar-refractivity contribution in [3.05, 3.63) is 23.8 Å². The first-order valence-electron chi connectivity index (χ1n) is 8.23. The average Bonchev–Trinajstić information content (AvgIpc) is 2.59. The number of aliphatic carboxylic acids is 2. The largest absolute Gasteiger partial charge is 0.493 e. The van der Waals surface area contributed by atoms with Gasteiger partial charge in [-0.2, -0.15) is 0 Å². The maximum Gasteiger partial charge on any atom is 0.414 e. The van der Waals surface area contributed by atoms with Crippen molar-refractivity contribution in [1.82, 2.24) is 5.32 Å². The van der Waals surface area contributed by atoms with Gasteiger partial charge in [0.15, 0.2) is 11.5 Å². The second-order valence-electron chi connectivity index (χ2n) is 6.48. The van der Waals surface area contributed by atoms with Crippen molar-refractivity contribution in [3.8, 4) is 11.5 Å². The molecule has 8 nitrogen and oxygen atoms in total. The molecule has 0 saturated carbocycles. The highest BCUT2D eigenvalue weighted by Crippen LogP contribution is 2.28. The van der Waals surface area contributed by atoms with Crippen molar-refractivity contribution in [2.45, 2.75) is 44.9 Å². The Kier molecular flexibility index (Phi) is 8.34. The first-order valence-corrected chi connectivity index (χ1v) is 8.23. The fourth-order valence-corrected chi connectivity index (χ4v) is 2.66. The van der Waals surface area contributed by atoms with Gasteiger partial charge in [-0.3, -0.25) is 0 Å². The molecule has 1 aliphatic rings. The standard InChI is InChI=1S/C16H25NO3.C2H2O4/c1-16(2)10-13(7-8-20-16)17-11-12-5-6-14(18-3)15(9-12)19-4;3-1(4)2(5)6/h5-6,9,13,17H,7-8,10-11H2,1-4H3;(H,3,4)(H,5,6). The van der Waals surface area contributed by atoms with Crippen LogP contribution in [0.3, 0.4) is 0 Å². The Labute approximate surface area is 153 Å². The number of ether oxygens (including phenoxy) is 3. The molecule has 2 rings (SSSR count). The van der Waals surface area contributed by atoms with Gasteiger partial charge in [-0.15, -0.1) is 0 Å². The lowest BCUT2D eigenvalue weighted by molar-refractivity contribution is -0.159. The fraction of sp³-hybridized carbons (Fsp3) is 0.556. The summed E-state index contributed by atoms with van der Waals surface area (Å²) in [6.45, 7) is 5.96. The number of rotatable bonds is 5. The van der Waals surface area contributed by atoms with Crippen LogP contribution < -0.4 is 14.8 Å². The van der Waals surface area contributed by atoms with Crippen LogP contribution in [0.15, 0.2) is 18.2 Å². The number of benzene rings is 1. The smallest absolute Gasteiger partial charge is 0.414 e. The van der Waals surface area contributed by atoms with E-state index in [0.29, 0.717) is 6.04 Å². The maximum absolute atomic E-state index is 9.10. The Morgan fingerprint density at radius 1 is 1.19 bits per heavy atom. The van der Waals surface area contributed by atoms with E-state index in [1.165, 1.54) is 5.56 Å². The van der Waals surface area contributed by atoms with Crippen LogP contribution in [-0.4, -0.2) is 54.6 Å². The Bertz CT molecular complexity index is 604. The first kappa shape index (κ1) is 21.7. The van der Waals surface area contributed by atoms with E-state index < -0.39 is 11.9 Å². The molecule has 1 unspecified atom stereocenters. The summed E-state index contributed by atoms with van der Waals surface area (Å²) in [6.07, 6.45) is 2.11. The number of hydrogen-bond acceptors (Lipinski definition) is 6. The van der Waals surface area contributed by atoms with E-state index in [1.54, 1.807) is 14.2 Å². The minimum Gasteiger partial charge on any atom is -0.493 e. The van der Waals surface area contributed by atoms with Crippen molar-refractivity contribution in [2.75, 3.05) is 20.8 Å². The van der Waals surface area contributed by atoms with Crippen LogP contribution in [0.25, 0.3) is 0 Å². The predicted octanol–water partition coefficient (Wildman–Crippen LogP) is 1.91. The van der Waals surface area contributed by atoms with Crippen molar-refractivity contribution in [3.63, 3.8) is 0 Å². The summed E-state index contributed by atoms with van der Waals surface area (Å²) in [5.74, 6) is -2.10. The molecule has 26 heavy (non-hydrogen) atoms. The van der Waals surface area contributed by atoms with Crippen molar-refractivity contribution in [2.24, 2.45) is 0 Å². The molecule has 8 heteroatoms. The van der Waals surface area contributed by atoms with Gasteiger partial charge in [-0.25, -0.2) is 9.59 Å². The zero-order chi connectivity index (χ0) is 19.7. The van der Waals surface area contributed by atoms with E-state index in [4.69, 9.17) is 34.0 Å². The Hall–Kier alpha value is -2.32. The number of carboxylic acids is 2. The van der Waals surface area contributed by atoms with E-state index in [0.717, 1.165) is 37.5 Å². The SMILES string of the molecule is COc1ccc(CNC2CCOC(C)(C)C2)cc1OC.O=C(O)C(=O)O. The summed E-state index contributed by atoms with van der Waals surface area (Å²) in [6, 6.07) is 6.55. The quantitative estimate of drug-likeness (QED) is 0.674. The molecule has 0 radical (unpaired) electrons. The van der Waals surface area contributed by atoms with E-state index >= 15 is 0 Å². The molecule has 1 heterocycles. The maximum atomic E-state index is 9.10. The molecule has 0 aliphatic carbocycles. The normalized spacial score (nSPS) is 18.2. The molecule has 1 atom stereocenters. The first-order chi connectivity index (χ1) is 12.2. The summed E-state index contributed by atoms with van der Waals surface area (Å²) in [4.78, 5) is 18.2. The zero-order valence-corrected chi connectivity index (χ0v) is 15.6. The average molecular weight is 369 g/mol. The molecule has 1 aromatic carbocycles. The van der Waals surface area contributed by atoms with Crippen molar-refractivity contribution in [1.29, 1.82) is 0 Å². The fourth-order valence-electron chi connectivity index (χ4n) is 2.66. The third kappa shape index (κ3) is 7.28. The van der Waals surface area contributed by atoms with Crippen LogP contribution in [0.1, 0.15) is 32.3 Å². The zero-order valence-electron chi connectivity index (χ0n) is 15.6. The molecule has 3 N–H and O–H groups in total. The summed E-state index contributed by atoms with van der Waals surface area (Å²) < 4.78 is 16.3. The van der Waals surface area contributed by atoms with Crippen LogP contribution in [0.4, 0.5) is 0 Å². The monoisotopic (exact) mass is 369 g/mol. The second kappa shape index (κ2) is 9.98. The van der Waals surface area contributed by atoms with E-state index in [1.807, 2.05) is 12.1 Å². The third-order valence-corrected chi connectivity index (χ3v) is 3.92. The molecule has 1 fully saturated rings.